The molecule has 1 aromatic heterocycles. The maximum atomic E-state index is 6.10. The van der Waals surface area contributed by atoms with Gasteiger partial charge in [-0.2, -0.15) is 0 Å². The van der Waals surface area contributed by atoms with Crippen LogP contribution in [0.4, 0.5) is 5.82 Å². The van der Waals surface area contributed by atoms with Crippen molar-refractivity contribution in [3.05, 3.63) is 17.0 Å². The lowest BCUT2D eigenvalue weighted by Crippen LogP contribution is -2.47. The number of halogens is 1. The van der Waals surface area contributed by atoms with Gasteiger partial charge in [0.15, 0.2) is 0 Å². The predicted molar refractivity (Wildman–Crippen MR) is 77.9 cm³/mol. The zero-order valence-electron chi connectivity index (χ0n) is 11.9. The van der Waals surface area contributed by atoms with Gasteiger partial charge < -0.3 is 9.64 Å². The summed E-state index contributed by atoms with van der Waals surface area (Å²) in [6, 6.07) is 1.85. The van der Waals surface area contributed by atoms with Crippen LogP contribution in [-0.4, -0.2) is 35.8 Å². The molecule has 1 fully saturated rings. The minimum absolute atomic E-state index is 0.0966. The van der Waals surface area contributed by atoms with Gasteiger partial charge in [0.05, 0.1) is 5.60 Å². The van der Waals surface area contributed by atoms with Crippen LogP contribution in [0.1, 0.15) is 38.9 Å². The number of methoxy groups -OCH3 is 1. The van der Waals surface area contributed by atoms with Gasteiger partial charge in [0.25, 0.3) is 0 Å². The molecule has 0 aromatic carbocycles. The summed E-state index contributed by atoms with van der Waals surface area (Å²) in [7, 11) is 1.78. The highest BCUT2D eigenvalue weighted by Gasteiger charge is 2.31. The molecule has 2 heterocycles. The van der Waals surface area contributed by atoms with Crippen molar-refractivity contribution in [3.63, 3.8) is 0 Å². The lowest BCUT2D eigenvalue weighted by molar-refractivity contribution is -0.00482. The van der Waals surface area contributed by atoms with Crippen molar-refractivity contribution in [3.8, 4) is 0 Å². The summed E-state index contributed by atoms with van der Waals surface area (Å²) in [6.07, 6.45) is 4.08. The van der Waals surface area contributed by atoms with E-state index in [1.54, 1.807) is 7.11 Å². The Morgan fingerprint density at radius 2 is 2.26 bits per heavy atom. The van der Waals surface area contributed by atoms with Crippen LogP contribution >= 0.6 is 11.6 Å². The second-order valence-corrected chi connectivity index (χ2v) is 5.78. The van der Waals surface area contributed by atoms with E-state index in [2.05, 4.69) is 28.7 Å². The maximum Gasteiger partial charge on any atom is 0.134 e. The van der Waals surface area contributed by atoms with Crippen LogP contribution in [0, 0.1) is 0 Å². The summed E-state index contributed by atoms with van der Waals surface area (Å²) in [5, 5.41) is 0.526. The molecule has 19 heavy (non-hydrogen) atoms. The summed E-state index contributed by atoms with van der Waals surface area (Å²) in [5.74, 6) is 1.75. The van der Waals surface area contributed by atoms with Crippen molar-refractivity contribution in [2.75, 3.05) is 25.1 Å². The SMILES string of the molecule is CCCc1nc(Cl)cc(N2CCCC(C)(OC)C2)n1. The fourth-order valence-corrected chi connectivity index (χ4v) is 2.71. The highest BCUT2D eigenvalue weighted by Crippen LogP contribution is 2.28. The summed E-state index contributed by atoms with van der Waals surface area (Å²) < 4.78 is 5.62. The van der Waals surface area contributed by atoms with Gasteiger partial charge in [-0.15, -0.1) is 0 Å². The third-order valence-electron chi connectivity index (χ3n) is 3.68. The molecule has 1 aromatic rings. The first-order chi connectivity index (χ1) is 9.06. The smallest absolute Gasteiger partial charge is 0.134 e. The molecule has 106 valence electrons. The van der Waals surface area contributed by atoms with Gasteiger partial charge in [-0.05, 0) is 26.2 Å². The Kier molecular flexibility index (Phi) is 4.63. The van der Waals surface area contributed by atoms with Gasteiger partial charge in [0.1, 0.15) is 16.8 Å². The largest absolute Gasteiger partial charge is 0.377 e. The molecule has 1 saturated heterocycles. The van der Waals surface area contributed by atoms with E-state index in [1.165, 1.54) is 0 Å². The van der Waals surface area contributed by atoms with Gasteiger partial charge in [0, 0.05) is 32.7 Å². The van der Waals surface area contributed by atoms with Gasteiger partial charge in [0.2, 0.25) is 0 Å². The van der Waals surface area contributed by atoms with E-state index < -0.39 is 0 Å². The number of hydrogen-bond acceptors (Lipinski definition) is 4. The maximum absolute atomic E-state index is 6.10. The van der Waals surface area contributed by atoms with Crippen LogP contribution in [0.25, 0.3) is 0 Å². The first kappa shape index (κ1) is 14.5. The van der Waals surface area contributed by atoms with Gasteiger partial charge in [-0.1, -0.05) is 18.5 Å². The van der Waals surface area contributed by atoms with Gasteiger partial charge in [-0.3, -0.25) is 0 Å². The molecule has 0 radical (unpaired) electrons. The number of ether oxygens (including phenoxy) is 1. The first-order valence-corrected chi connectivity index (χ1v) is 7.27. The fourth-order valence-electron chi connectivity index (χ4n) is 2.52. The topological polar surface area (TPSA) is 38.2 Å². The molecule has 0 N–H and O–H groups in total. The number of anilines is 1. The summed E-state index contributed by atoms with van der Waals surface area (Å²) in [6.45, 7) is 6.11. The van der Waals surface area contributed by atoms with E-state index in [4.69, 9.17) is 16.3 Å². The molecule has 0 spiro atoms. The minimum atomic E-state index is -0.0966. The molecule has 4 nitrogen and oxygen atoms in total. The molecule has 5 heteroatoms. The summed E-state index contributed by atoms with van der Waals surface area (Å²) in [4.78, 5) is 11.1. The molecule has 2 rings (SSSR count). The van der Waals surface area contributed by atoms with Crippen LogP contribution < -0.4 is 4.90 Å². The average Bonchev–Trinajstić information content (AvgIpc) is 2.38. The summed E-state index contributed by atoms with van der Waals surface area (Å²) >= 11 is 6.10. The number of hydrogen-bond donors (Lipinski definition) is 0. The standard InChI is InChI=1S/C14H22ClN3O/c1-4-6-12-16-11(15)9-13(17-12)18-8-5-7-14(2,10-18)19-3/h9H,4-8,10H2,1-3H3. The molecule has 0 bridgehead atoms. The van der Waals surface area contributed by atoms with Crippen LogP contribution in [0.2, 0.25) is 5.15 Å². The Labute approximate surface area is 120 Å². The van der Waals surface area contributed by atoms with Gasteiger partial charge in [-0.25, -0.2) is 9.97 Å². The Balaban J connectivity index is 2.21. The van der Waals surface area contributed by atoms with E-state index in [1.807, 2.05) is 6.07 Å². The number of aromatic nitrogens is 2. The van der Waals surface area contributed by atoms with Crippen LogP contribution in [-0.2, 0) is 11.2 Å². The fraction of sp³-hybridized carbons (Fsp3) is 0.714. The molecular formula is C14H22ClN3O. The van der Waals surface area contributed by atoms with Crippen molar-refractivity contribution in [2.24, 2.45) is 0 Å². The van der Waals surface area contributed by atoms with E-state index in [0.29, 0.717) is 5.15 Å². The van der Waals surface area contributed by atoms with Crippen molar-refractivity contribution in [2.45, 2.75) is 45.1 Å². The van der Waals surface area contributed by atoms with Crippen molar-refractivity contribution in [1.29, 1.82) is 0 Å². The first-order valence-electron chi connectivity index (χ1n) is 6.90. The molecule has 0 aliphatic carbocycles. The van der Waals surface area contributed by atoms with Crippen LogP contribution in [0.15, 0.2) is 6.07 Å². The van der Waals surface area contributed by atoms with Crippen LogP contribution in [0.3, 0.4) is 0 Å². The van der Waals surface area contributed by atoms with Crippen molar-refractivity contribution >= 4 is 17.4 Å². The molecule has 0 amide bonds. The zero-order chi connectivity index (χ0) is 13.9. The monoisotopic (exact) mass is 283 g/mol. The van der Waals surface area contributed by atoms with E-state index in [-0.39, 0.29) is 5.60 Å². The minimum Gasteiger partial charge on any atom is -0.377 e. The molecule has 0 saturated carbocycles. The second kappa shape index (κ2) is 6.06. The zero-order valence-corrected chi connectivity index (χ0v) is 12.7. The Hall–Kier alpha value is -0.870. The lowest BCUT2D eigenvalue weighted by atomic mass is 9.95. The quantitative estimate of drug-likeness (QED) is 0.796. The Morgan fingerprint density at radius 3 is 2.95 bits per heavy atom. The van der Waals surface area contributed by atoms with Crippen molar-refractivity contribution < 1.29 is 4.74 Å². The Morgan fingerprint density at radius 1 is 1.47 bits per heavy atom. The van der Waals surface area contributed by atoms with E-state index >= 15 is 0 Å². The second-order valence-electron chi connectivity index (χ2n) is 5.39. The van der Waals surface area contributed by atoms with E-state index in [9.17, 15) is 0 Å². The molecule has 1 aliphatic heterocycles. The summed E-state index contributed by atoms with van der Waals surface area (Å²) in [5.41, 5.74) is -0.0966. The third kappa shape index (κ3) is 3.57. The Bertz CT molecular complexity index is 441. The number of nitrogens with zero attached hydrogens (tertiary/aromatic N) is 3. The molecule has 1 atom stereocenters. The average molecular weight is 284 g/mol. The predicted octanol–water partition coefficient (Wildman–Crippen LogP) is 3.09. The normalized spacial score (nSPS) is 23.7. The third-order valence-corrected chi connectivity index (χ3v) is 3.87. The number of aryl methyl sites for hydroxylation is 1. The van der Waals surface area contributed by atoms with Crippen molar-refractivity contribution in [1.82, 2.24) is 9.97 Å². The molecular weight excluding hydrogens is 262 g/mol. The highest BCUT2D eigenvalue weighted by atomic mass is 35.5. The van der Waals surface area contributed by atoms with Crippen LogP contribution in [0.5, 0.6) is 0 Å². The molecule has 1 aliphatic rings. The molecule has 1 unspecified atom stereocenters. The highest BCUT2D eigenvalue weighted by molar-refractivity contribution is 6.29. The van der Waals surface area contributed by atoms with E-state index in [0.717, 1.165) is 50.4 Å². The number of piperidine rings is 1. The lowest BCUT2D eigenvalue weighted by Gasteiger charge is -2.40. The number of rotatable bonds is 4. The van der Waals surface area contributed by atoms with Gasteiger partial charge >= 0.3 is 0 Å².